The number of aryl methyl sites for hydroxylation is 2. The lowest BCUT2D eigenvalue weighted by Crippen LogP contribution is -2.19. The van der Waals surface area contributed by atoms with Gasteiger partial charge in [0, 0.05) is 12.7 Å². The topological polar surface area (TPSA) is 53.4 Å². The van der Waals surface area contributed by atoms with Gasteiger partial charge in [-0.1, -0.05) is 0 Å². The van der Waals surface area contributed by atoms with Gasteiger partial charge in [0.15, 0.2) is 0 Å². The number of aromatic nitrogens is 2. The lowest BCUT2D eigenvalue weighted by atomic mass is 10.2. The summed E-state index contributed by atoms with van der Waals surface area (Å²) in [6.07, 6.45) is 2.31. The molecule has 1 saturated heterocycles. The minimum atomic E-state index is -0.304. The van der Waals surface area contributed by atoms with Gasteiger partial charge in [0.2, 0.25) is 0 Å². The SMILES string of the molecule is Cc1nn(C)c(C)c1C(=O)OC[C@H]1CC[C@@H](C)O1. The second-order valence-electron chi connectivity index (χ2n) is 4.91. The highest BCUT2D eigenvalue weighted by atomic mass is 16.6. The average molecular weight is 252 g/mol. The molecule has 5 nitrogen and oxygen atoms in total. The molecule has 100 valence electrons. The fourth-order valence-electron chi connectivity index (χ4n) is 2.32. The van der Waals surface area contributed by atoms with Crippen molar-refractivity contribution in [2.75, 3.05) is 6.61 Å². The van der Waals surface area contributed by atoms with Crippen LogP contribution >= 0.6 is 0 Å². The largest absolute Gasteiger partial charge is 0.459 e. The third kappa shape index (κ3) is 2.56. The van der Waals surface area contributed by atoms with Crippen LogP contribution in [0.15, 0.2) is 0 Å². The Hall–Kier alpha value is -1.36. The van der Waals surface area contributed by atoms with E-state index >= 15 is 0 Å². The zero-order valence-electron chi connectivity index (χ0n) is 11.4. The van der Waals surface area contributed by atoms with E-state index in [-0.39, 0.29) is 18.2 Å². The van der Waals surface area contributed by atoms with Crippen LogP contribution < -0.4 is 0 Å². The maximum Gasteiger partial charge on any atom is 0.341 e. The first kappa shape index (κ1) is 13.1. The molecule has 1 aromatic heterocycles. The molecule has 0 radical (unpaired) electrons. The predicted octanol–water partition coefficient (Wildman–Crippen LogP) is 1.76. The van der Waals surface area contributed by atoms with Gasteiger partial charge in [-0.15, -0.1) is 0 Å². The van der Waals surface area contributed by atoms with Crippen LogP contribution in [0.5, 0.6) is 0 Å². The Kier molecular flexibility index (Phi) is 3.71. The Morgan fingerprint density at radius 2 is 2.22 bits per heavy atom. The summed E-state index contributed by atoms with van der Waals surface area (Å²) in [5, 5.41) is 4.21. The molecular weight excluding hydrogens is 232 g/mol. The van der Waals surface area contributed by atoms with Crippen LogP contribution in [0.25, 0.3) is 0 Å². The summed E-state index contributed by atoms with van der Waals surface area (Å²) < 4.78 is 12.6. The van der Waals surface area contributed by atoms with Crippen molar-refractivity contribution in [3.63, 3.8) is 0 Å². The number of rotatable bonds is 3. The van der Waals surface area contributed by atoms with E-state index in [9.17, 15) is 4.79 Å². The standard InChI is InChI=1S/C13H20N2O3/c1-8-5-6-11(18-8)7-17-13(16)12-9(2)14-15(4)10(12)3/h8,11H,5-7H2,1-4H3/t8-,11-/m1/s1. The quantitative estimate of drug-likeness (QED) is 0.769. The van der Waals surface area contributed by atoms with Crippen molar-refractivity contribution in [1.82, 2.24) is 9.78 Å². The summed E-state index contributed by atoms with van der Waals surface area (Å²) in [4.78, 5) is 12.0. The van der Waals surface area contributed by atoms with Gasteiger partial charge in [0.25, 0.3) is 0 Å². The lowest BCUT2D eigenvalue weighted by Gasteiger charge is -2.11. The van der Waals surface area contributed by atoms with E-state index in [0.29, 0.717) is 17.9 Å². The first-order chi connectivity index (χ1) is 8.49. The van der Waals surface area contributed by atoms with E-state index in [1.165, 1.54) is 0 Å². The number of carbonyl (C=O) groups excluding carboxylic acids is 1. The monoisotopic (exact) mass is 252 g/mol. The molecular formula is C13H20N2O3. The summed E-state index contributed by atoms with van der Waals surface area (Å²) >= 11 is 0. The van der Waals surface area contributed by atoms with Gasteiger partial charge >= 0.3 is 5.97 Å². The number of nitrogens with zero attached hydrogens (tertiary/aromatic N) is 2. The first-order valence-electron chi connectivity index (χ1n) is 6.31. The number of esters is 1. The van der Waals surface area contributed by atoms with Crippen LogP contribution in [-0.2, 0) is 16.5 Å². The van der Waals surface area contributed by atoms with E-state index in [2.05, 4.69) is 5.10 Å². The van der Waals surface area contributed by atoms with Gasteiger partial charge in [-0.2, -0.15) is 5.10 Å². The summed E-state index contributed by atoms with van der Waals surface area (Å²) in [5.74, 6) is -0.304. The molecule has 1 fully saturated rings. The van der Waals surface area contributed by atoms with Gasteiger partial charge in [0.1, 0.15) is 12.2 Å². The highest BCUT2D eigenvalue weighted by Gasteiger charge is 2.25. The van der Waals surface area contributed by atoms with Crippen molar-refractivity contribution in [2.45, 2.75) is 45.8 Å². The average Bonchev–Trinajstić information content (AvgIpc) is 2.82. The molecule has 0 spiro atoms. The number of carbonyl (C=O) groups is 1. The number of hydrogen-bond acceptors (Lipinski definition) is 4. The molecule has 2 rings (SSSR count). The smallest absolute Gasteiger partial charge is 0.341 e. The van der Waals surface area contributed by atoms with Crippen LogP contribution in [0, 0.1) is 13.8 Å². The summed E-state index contributed by atoms with van der Waals surface area (Å²) in [6.45, 7) is 6.05. The molecule has 0 bridgehead atoms. The van der Waals surface area contributed by atoms with Crippen molar-refractivity contribution >= 4 is 5.97 Å². The van der Waals surface area contributed by atoms with E-state index in [0.717, 1.165) is 18.5 Å². The third-order valence-corrected chi connectivity index (χ3v) is 3.43. The van der Waals surface area contributed by atoms with E-state index < -0.39 is 0 Å². The highest BCUT2D eigenvalue weighted by Crippen LogP contribution is 2.20. The maximum atomic E-state index is 12.0. The molecule has 2 atom stereocenters. The van der Waals surface area contributed by atoms with Crippen LogP contribution in [0.4, 0.5) is 0 Å². The van der Waals surface area contributed by atoms with Crippen molar-refractivity contribution in [3.8, 4) is 0 Å². The Balaban J connectivity index is 1.95. The van der Waals surface area contributed by atoms with Crippen LogP contribution in [0.2, 0.25) is 0 Å². The van der Waals surface area contributed by atoms with Crippen molar-refractivity contribution < 1.29 is 14.3 Å². The van der Waals surface area contributed by atoms with Crippen LogP contribution in [-0.4, -0.2) is 34.6 Å². The molecule has 5 heteroatoms. The second kappa shape index (κ2) is 5.10. The maximum absolute atomic E-state index is 12.0. The van der Waals surface area contributed by atoms with E-state index in [4.69, 9.17) is 9.47 Å². The normalized spacial score (nSPS) is 23.3. The van der Waals surface area contributed by atoms with E-state index in [1.54, 1.807) is 4.68 Å². The zero-order chi connectivity index (χ0) is 13.3. The molecule has 18 heavy (non-hydrogen) atoms. The van der Waals surface area contributed by atoms with Crippen molar-refractivity contribution in [1.29, 1.82) is 0 Å². The van der Waals surface area contributed by atoms with E-state index in [1.807, 2.05) is 27.8 Å². The number of hydrogen-bond donors (Lipinski definition) is 0. The Morgan fingerprint density at radius 1 is 1.50 bits per heavy atom. The summed E-state index contributed by atoms with van der Waals surface area (Å²) in [5.41, 5.74) is 2.11. The third-order valence-electron chi connectivity index (χ3n) is 3.43. The zero-order valence-corrected chi connectivity index (χ0v) is 11.4. The second-order valence-corrected chi connectivity index (χ2v) is 4.91. The molecule has 2 heterocycles. The summed E-state index contributed by atoms with van der Waals surface area (Å²) in [6, 6.07) is 0. The Bertz CT molecular complexity index is 453. The van der Waals surface area contributed by atoms with Crippen molar-refractivity contribution in [2.24, 2.45) is 7.05 Å². The molecule has 0 N–H and O–H groups in total. The Labute approximate surface area is 107 Å². The van der Waals surface area contributed by atoms with Gasteiger partial charge in [0.05, 0.1) is 17.9 Å². The fourth-order valence-corrected chi connectivity index (χ4v) is 2.32. The minimum absolute atomic E-state index is 0.0428. The molecule has 1 aliphatic rings. The molecule has 1 aromatic rings. The molecule has 1 aliphatic heterocycles. The summed E-state index contributed by atoms with van der Waals surface area (Å²) in [7, 11) is 1.82. The molecule has 0 unspecified atom stereocenters. The number of ether oxygens (including phenoxy) is 2. The van der Waals surface area contributed by atoms with Gasteiger partial charge in [-0.25, -0.2) is 4.79 Å². The molecule has 0 aliphatic carbocycles. The predicted molar refractivity (Wildman–Crippen MR) is 66.5 cm³/mol. The van der Waals surface area contributed by atoms with Gasteiger partial charge < -0.3 is 9.47 Å². The molecule has 0 amide bonds. The first-order valence-corrected chi connectivity index (χ1v) is 6.31. The highest BCUT2D eigenvalue weighted by molar-refractivity contribution is 5.91. The van der Waals surface area contributed by atoms with Crippen LogP contribution in [0.3, 0.4) is 0 Å². The fraction of sp³-hybridized carbons (Fsp3) is 0.692. The Morgan fingerprint density at radius 3 is 2.72 bits per heavy atom. The molecule has 0 saturated carbocycles. The van der Waals surface area contributed by atoms with Crippen LogP contribution in [0.1, 0.15) is 41.5 Å². The van der Waals surface area contributed by atoms with Crippen molar-refractivity contribution in [3.05, 3.63) is 17.0 Å². The molecule has 0 aromatic carbocycles. The van der Waals surface area contributed by atoms with Gasteiger partial charge in [-0.3, -0.25) is 4.68 Å². The lowest BCUT2D eigenvalue weighted by molar-refractivity contribution is -0.00275. The minimum Gasteiger partial charge on any atom is -0.459 e. The van der Waals surface area contributed by atoms with Gasteiger partial charge in [-0.05, 0) is 33.6 Å².